The number of rotatable bonds is 7. The Morgan fingerprint density at radius 2 is 1.76 bits per heavy atom. The molecule has 1 rings (SSSR count). The average molecular weight is 240 g/mol. The van der Waals surface area contributed by atoms with E-state index in [0.29, 0.717) is 6.04 Å². The maximum atomic E-state index is 3.72. The molecule has 1 heterocycles. The molecule has 0 aromatic rings. The van der Waals surface area contributed by atoms with Crippen LogP contribution in [-0.4, -0.2) is 36.1 Å². The van der Waals surface area contributed by atoms with E-state index >= 15 is 0 Å². The second-order valence-corrected chi connectivity index (χ2v) is 5.77. The van der Waals surface area contributed by atoms with E-state index in [9.17, 15) is 0 Å². The first-order valence-corrected chi connectivity index (χ1v) is 7.68. The lowest BCUT2D eigenvalue weighted by Gasteiger charge is -2.41. The zero-order chi connectivity index (χ0) is 12.7. The Labute approximate surface area is 108 Å². The fraction of sp³-hybridized carbons (Fsp3) is 1.00. The highest BCUT2D eigenvalue weighted by Gasteiger charge is 2.26. The Morgan fingerprint density at radius 1 is 1.12 bits per heavy atom. The third kappa shape index (κ3) is 4.97. The van der Waals surface area contributed by atoms with Crippen molar-refractivity contribution in [2.24, 2.45) is 0 Å². The molecule has 0 spiro atoms. The lowest BCUT2D eigenvalue weighted by Crippen LogP contribution is -2.50. The molecule has 0 bridgehead atoms. The zero-order valence-electron chi connectivity index (χ0n) is 12.3. The van der Waals surface area contributed by atoms with E-state index < -0.39 is 0 Å². The van der Waals surface area contributed by atoms with E-state index in [1.54, 1.807) is 0 Å². The van der Waals surface area contributed by atoms with Crippen molar-refractivity contribution in [3.63, 3.8) is 0 Å². The Kier molecular flexibility index (Phi) is 7.14. The summed E-state index contributed by atoms with van der Waals surface area (Å²) in [5.74, 6) is 0. The molecular weight excluding hydrogens is 208 g/mol. The van der Waals surface area contributed by atoms with Gasteiger partial charge in [0.1, 0.15) is 0 Å². The zero-order valence-corrected chi connectivity index (χ0v) is 12.3. The fourth-order valence-electron chi connectivity index (χ4n) is 3.04. The van der Waals surface area contributed by atoms with Crippen molar-refractivity contribution >= 4 is 0 Å². The summed E-state index contributed by atoms with van der Waals surface area (Å²) in [6, 6.07) is 2.26. The Hall–Kier alpha value is -0.0800. The van der Waals surface area contributed by atoms with Crippen molar-refractivity contribution in [1.82, 2.24) is 10.2 Å². The van der Waals surface area contributed by atoms with Crippen molar-refractivity contribution < 1.29 is 0 Å². The van der Waals surface area contributed by atoms with Crippen LogP contribution in [-0.2, 0) is 0 Å². The van der Waals surface area contributed by atoms with Crippen LogP contribution in [0.4, 0.5) is 0 Å². The first-order valence-electron chi connectivity index (χ1n) is 7.68. The summed E-state index contributed by atoms with van der Waals surface area (Å²) in [5, 5.41) is 3.72. The standard InChI is InChI=1S/C15H32N2/c1-5-8-15(16-11-6-2)12-17-13(3)9-7-10-14(17)4/h13-16H,5-12H2,1-4H3/t13-,14+,15?. The third-order valence-corrected chi connectivity index (χ3v) is 4.13. The van der Waals surface area contributed by atoms with Gasteiger partial charge in [-0.1, -0.05) is 26.7 Å². The minimum absolute atomic E-state index is 0.697. The summed E-state index contributed by atoms with van der Waals surface area (Å²) in [5.41, 5.74) is 0. The van der Waals surface area contributed by atoms with E-state index in [1.807, 2.05) is 0 Å². The van der Waals surface area contributed by atoms with Crippen LogP contribution in [0.5, 0.6) is 0 Å². The van der Waals surface area contributed by atoms with E-state index in [1.165, 1.54) is 51.6 Å². The molecule has 3 atom stereocenters. The molecule has 1 aliphatic heterocycles. The molecule has 1 N–H and O–H groups in total. The van der Waals surface area contributed by atoms with E-state index in [-0.39, 0.29) is 0 Å². The Morgan fingerprint density at radius 3 is 2.29 bits per heavy atom. The Bertz CT molecular complexity index is 183. The smallest absolute Gasteiger partial charge is 0.0195 e. The monoisotopic (exact) mass is 240 g/mol. The predicted octanol–water partition coefficient (Wildman–Crippen LogP) is 3.42. The molecule has 2 nitrogen and oxygen atoms in total. The second kappa shape index (κ2) is 8.10. The molecule has 0 amide bonds. The third-order valence-electron chi connectivity index (χ3n) is 4.13. The van der Waals surface area contributed by atoms with Crippen molar-refractivity contribution in [1.29, 1.82) is 0 Å². The van der Waals surface area contributed by atoms with Gasteiger partial charge in [-0.15, -0.1) is 0 Å². The number of hydrogen-bond acceptors (Lipinski definition) is 2. The van der Waals surface area contributed by atoms with Crippen LogP contribution in [0.2, 0.25) is 0 Å². The van der Waals surface area contributed by atoms with Crippen molar-refractivity contribution in [3.05, 3.63) is 0 Å². The normalized spacial score (nSPS) is 28.2. The molecule has 1 unspecified atom stereocenters. The molecular formula is C15H32N2. The van der Waals surface area contributed by atoms with Crippen LogP contribution in [0, 0.1) is 0 Å². The van der Waals surface area contributed by atoms with Gasteiger partial charge in [-0.25, -0.2) is 0 Å². The highest BCUT2D eigenvalue weighted by atomic mass is 15.2. The number of nitrogens with one attached hydrogen (secondary N) is 1. The van der Waals surface area contributed by atoms with E-state index in [4.69, 9.17) is 0 Å². The first kappa shape index (κ1) is 15.0. The minimum atomic E-state index is 0.697. The topological polar surface area (TPSA) is 15.3 Å². The molecule has 102 valence electrons. The van der Waals surface area contributed by atoms with Crippen molar-refractivity contribution in [2.75, 3.05) is 13.1 Å². The second-order valence-electron chi connectivity index (χ2n) is 5.77. The van der Waals surface area contributed by atoms with Gasteiger partial charge in [-0.2, -0.15) is 0 Å². The molecule has 1 saturated heterocycles. The van der Waals surface area contributed by atoms with Gasteiger partial charge in [0.2, 0.25) is 0 Å². The van der Waals surface area contributed by atoms with E-state index in [2.05, 4.69) is 37.9 Å². The van der Waals surface area contributed by atoms with Gasteiger partial charge in [0.15, 0.2) is 0 Å². The summed E-state index contributed by atoms with van der Waals surface area (Å²) < 4.78 is 0. The van der Waals surface area contributed by atoms with Gasteiger partial charge in [-0.3, -0.25) is 4.90 Å². The number of hydrogen-bond donors (Lipinski definition) is 1. The average Bonchev–Trinajstić information content (AvgIpc) is 2.31. The lowest BCUT2D eigenvalue weighted by molar-refractivity contribution is 0.0893. The highest BCUT2D eigenvalue weighted by Crippen LogP contribution is 2.22. The van der Waals surface area contributed by atoms with Gasteiger partial charge < -0.3 is 5.32 Å². The lowest BCUT2D eigenvalue weighted by atomic mass is 9.96. The van der Waals surface area contributed by atoms with Crippen LogP contribution >= 0.6 is 0 Å². The van der Waals surface area contributed by atoms with Crippen molar-refractivity contribution in [3.8, 4) is 0 Å². The van der Waals surface area contributed by atoms with Gasteiger partial charge >= 0.3 is 0 Å². The molecule has 0 aromatic carbocycles. The van der Waals surface area contributed by atoms with Gasteiger partial charge in [0, 0.05) is 24.7 Å². The van der Waals surface area contributed by atoms with Gasteiger partial charge in [0.25, 0.3) is 0 Å². The van der Waals surface area contributed by atoms with Crippen LogP contribution in [0.1, 0.15) is 66.2 Å². The van der Waals surface area contributed by atoms with Gasteiger partial charge in [0.05, 0.1) is 0 Å². The molecule has 1 aliphatic rings. The number of nitrogens with zero attached hydrogens (tertiary/aromatic N) is 1. The van der Waals surface area contributed by atoms with Crippen LogP contribution < -0.4 is 5.32 Å². The van der Waals surface area contributed by atoms with E-state index in [0.717, 1.165) is 12.1 Å². The molecule has 17 heavy (non-hydrogen) atoms. The van der Waals surface area contributed by atoms with Crippen LogP contribution in [0.3, 0.4) is 0 Å². The molecule has 2 heteroatoms. The summed E-state index contributed by atoms with van der Waals surface area (Å²) in [6.07, 6.45) is 8.03. The molecule has 0 aromatic heterocycles. The molecule has 0 aliphatic carbocycles. The molecule has 1 fully saturated rings. The highest BCUT2D eigenvalue weighted by molar-refractivity contribution is 4.83. The Balaban J connectivity index is 2.45. The maximum Gasteiger partial charge on any atom is 0.0195 e. The largest absolute Gasteiger partial charge is 0.313 e. The molecule has 0 radical (unpaired) electrons. The SMILES string of the molecule is CCCNC(CCC)CN1[C@H](C)CCC[C@@H]1C. The predicted molar refractivity (Wildman–Crippen MR) is 76.5 cm³/mol. The fourth-order valence-corrected chi connectivity index (χ4v) is 3.04. The summed E-state index contributed by atoms with van der Waals surface area (Å²) in [7, 11) is 0. The van der Waals surface area contributed by atoms with Crippen molar-refractivity contribution in [2.45, 2.75) is 84.3 Å². The maximum absolute atomic E-state index is 3.72. The first-order chi connectivity index (χ1) is 8.19. The number of likely N-dealkylation sites (tertiary alicyclic amines) is 1. The quantitative estimate of drug-likeness (QED) is 0.733. The number of piperidine rings is 1. The molecule has 0 saturated carbocycles. The summed E-state index contributed by atoms with van der Waals surface area (Å²) in [4.78, 5) is 2.73. The van der Waals surface area contributed by atoms with Crippen LogP contribution in [0.25, 0.3) is 0 Å². The van der Waals surface area contributed by atoms with Crippen LogP contribution in [0.15, 0.2) is 0 Å². The summed E-state index contributed by atoms with van der Waals surface area (Å²) >= 11 is 0. The summed E-state index contributed by atoms with van der Waals surface area (Å²) in [6.45, 7) is 11.8. The van der Waals surface area contributed by atoms with Gasteiger partial charge in [-0.05, 0) is 46.1 Å². The minimum Gasteiger partial charge on any atom is -0.313 e.